The quantitative estimate of drug-likeness (QED) is 0.644. The topological polar surface area (TPSA) is 67.2 Å². The van der Waals surface area contributed by atoms with Crippen LogP contribution in [0.3, 0.4) is 0 Å². The average Bonchev–Trinajstić information content (AvgIpc) is 2.95. The van der Waals surface area contributed by atoms with E-state index in [0.717, 1.165) is 10.2 Å². The SMILES string of the molecule is Cc1nn(-c2ccc(Br)cc2)c(C)c1C(=O)NCC(O)c1ccc(F)cc1. The van der Waals surface area contributed by atoms with Crippen LogP contribution in [0.25, 0.3) is 5.69 Å². The smallest absolute Gasteiger partial charge is 0.255 e. The van der Waals surface area contributed by atoms with Crippen molar-refractivity contribution in [3.63, 3.8) is 0 Å². The Labute approximate surface area is 165 Å². The second-order valence-electron chi connectivity index (χ2n) is 6.21. The Hall–Kier alpha value is -2.51. The second kappa shape index (κ2) is 8.02. The van der Waals surface area contributed by atoms with Crippen molar-refractivity contribution in [2.75, 3.05) is 6.54 Å². The van der Waals surface area contributed by atoms with E-state index in [9.17, 15) is 14.3 Å². The summed E-state index contributed by atoms with van der Waals surface area (Å²) < 4.78 is 15.6. The molecule has 140 valence electrons. The number of amides is 1. The van der Waals surface area contributed by atoms with Crippen molar-refractivity contribution >= 4 is 21.8 Å². The molecule has 0 saturated heterocycles. The van der Waals surface area contributed by atoms with Gasteiger partial charge in [0.2, 0.25) is 0 Å². The Bertz CT molecular complexity index is 953. The lowest BCUT2D eigenvalue weighted by Crippen LogP contribution is -2.29. The summed E-state index contributed by atoms with van der Waals surface area (Å²) in [5.74, 6) is -0.684. The first-order valence-electron chi connectivity index (χ1n) is 8.40. The lowest BCUT2D eigenvalue weighted by molar-refractivity contribution is 0.0915. The molecule has 1 unspecified atom stereocenters. The highest BCUT2D eigenvalue weighted by Crippen LogP contribution is 2.20. The highest BCUT2D eigenvalue weighted by Gasteiger charge is 2.20. The van der Waals surface area contributed by atoms with Crippen LogP contribution >= 0.6 is 15.9 Å². The number of aliphatic hydroxyl groups is 1. The number of aryl methyl sites for hydroxylation is 1. The molecule has 0 saturated carbocycles. The first-order chi connectivity index (χ1) is 12.9. The summed E-state index contributed by atoms with van der Waals surface area (Å²) in [6.45, 7) is 3.62. The number of rotatable bonds is 5. The molecule has 2 N–H and O–H groups in total. The van der Waals surface area contributed by atoms with E-state index in [4.69, 9.17) is 0 Å². The van der Waals surface area contributed by atoms with Gasteiger partial charge in [0, 0.05) is 11.0 Å². The summed E-state index contributed by atoms with van der Waals surface area (Å²) in [6, 6.07) is 13.2. The summed E-state index contributed by atoms with van der Waals surface area (Å²) in [5, 5.41) is 17.4. The number of carbonyl (C=O) groups is 1. The zero-order chi connectivity index (χ0) is 19.6. The molecule has 2 aromatic carbocycles. The van der Waals surface area contributed by atoms with E-state index in [1.807, 2.05) is 31.2 Å². The van der Waals surface area contributed by atoms with Crippen LogP contribution in [0.2, 0.25) is 0 Å². The molecule has 3 aromatic rings. The van der Waals surface area contributed by atoms with E-state index >= 15 is 0 Å². The molecule has 0 aliphatic rings. The van der Waals surface area contributed by atoms with Gasteiger partial charge in [-0.3, -0.25) is 4.79 Å². The van der Waals surface area contributed by atoms with Crippen molar-refractivity contribution < 1.29 is 14.3 Å². The molecule has 0 aliphatic carbocycles. The van der Waals surface area contributed by atoms with Gasteiger partial charge in [-0.05, 0) is 55.8 Å². The number of hydrogen-bond donors (Lipinski definition) is 2. The molecule has 27 heavy (non-hydrogen) atoms. The van der Waals surface area contributed by atoms with E-state index in [1.165, 1.54) is 24.3 Å². The number of aliphatic hydroxyl groups excluding tert-OH is 1. The van der Waals surface area contributed by atoms with E-state index < -0.39 is 6.10 Å². The number of nitrogens with zero attached hydrogens (tertiary/aromatic N) is 2. The van der Waals surface area contributed by atoms with Gasteiger partial charge < -0.3 is 10.4 Å². The van der Waals surface area contributed by atoms with E-state index in [-0.39, 0.29) is 18.3 Å². The van der Waals surface area contributed by atoms with Gasteiger partial charge in [-0.1, -0.05) is 28.1 Å². The molecule has 7 heteroatoms. The zero-order valence-electron chi connectivity index (χ0n) is 14.9. The van der Waals surface area contributed by atoms with Crippen LogP contribution < -0.4 is 5.32 Å². The van der Waals surface area contributed by atoms with Crippen LogP contribution in [-0.2, 0) is 0 Å². The van der Waals surface area contributed by atoms with Gasteiger partial charge in [-0.15, -0.1) is 0 Å². The molecule has 0 spiro atoms. The number of hydrogen-bond acceptors (Lipinski definition) is 3. The number of halogens is 2. The Kier molecular flexibility index (Phi) is 5.72. The Morgan fingerprint density at radius 2 is 1.81 bits per heavy atom. The third-order valence-corrected chi connectivity index (χ3v) is 4.83. The molecule has 0 fully saturated rings. The third-order valence-electron chi connectivity index (χ3n) is 4.30. The Morgan fingerprint density at radius 3 is 2.44 bits per heavy atom. The molecule has 1 atom stereocenters. The molecule has 1 amide bonds. The zero-order valence-corrected chi connectivity index (χ0v) is 16.5. The summed E-state index contributed by atoms with van der Waals surface area (Å²) in [6.07, 6.45) is -0.920. The van der Waals surface area contributed by atoms with Gasteiger partial charge in [-0.25, -0.2) is 9.07 Å². The molecule has 5 nitrogen and oxygen atoms in total. The summed E-state index contributed by atoms with van der Waals surface area (Å²) in [7, 11) is 0. The lowest BCUT2D eigenvalue weighted by Gasteiger charge is -2.12. The van der Waals surface area contributed by atoms with Gasteiger partial charge in [0.25, 0.3) is 5.91 Å². The van der Waals surface area contributed by atoms with E-state index in [1.54, 1.807) is 11.6 Å². The van der Waals surface area contributed by atoms with Crippen molar-refractivity contribution in [1.82, 2.24) is 15.1 Å². The standard InChI is InChI=1S/C20H19BrFN3O2/c1-12-19(13(2)25(24-12)17-9-5-15(21)6-10-17)20(27)23-11-18(26)14-3-7-16(22)8-4-14/h3-10,18,26H,11H2,1-2H3,(H,23,27). The van der Waals surface area contributed by atoms with Gasteiger partial charge >= 0.3 is 0 Å². The molecule has 3 rings (SSSR count). The molecule has 1 heterocycles. The van der Waals surface area contributed by atoms with Crippen molar-refractivity contribution in [2.24, 2.45) is 0 Å². The van der Waals surface area contributed by atoms with Crippen LogP contribution in [0.15, 0.2) is 53.0 Å². The average molecular weight is 432 g/mol. The van der Waals surface area contributed by atoms with Crippen LogP contribution in [0.1, 0.15) is 33.4 Å². The number of benzene rings is 2. The fraction of sp³-hybridized carbons (Fsp3) is 0.200. The van der Waals surface area contributed by atoms with Crippen molar-refractivity contribution in [2.45, 2.75) is 20.0 Å². The van der Waals surface area contributed by atoms with Crippen LogP contribution in [-0.4, -0.2) is 27.3 Å². The summed E-state index contributed by atoms with van der Waals surface area (Å²) in [5.41, 5.74) is 3.18. The number of aromatic nitrogens is 2. The Balaban J connectivity index is 1.75. The van der Waals surface area contributed by atoms with Gasteiger partial charge in [0.05, 0.1) is 28.7 Å². The molecule has 0 radical (unpaired) electrons. The molecule has 0 aliphatic heterocycles. The van der Waals surface area contributed by atoms with E-state index in [0.29, 0.717) is 22.5 Å². The van der Waals surface area contributed by atoms with Crippen LogP contribution in [0.4, 0.5) is 4.39 Å². The molecule has 1 aromatic heterocycles. The fourth-order valence-corrected chi connectivity index (χ4v) is 3.15. The highest BCUT2D eigenvalue weighted by molar-refractivity contribution is 9.10. The maximum absolute atomic E-state index is 13.0. The number of nitrogens with one attached hydrogen (secondary N) is 1. The van der Waals surface area contributed by atoms with Crippen LogP contribution in [0, 0.1) is 19.7 Å². The minimum Gasteiger partial charge on any atom is -0.387 e. The highest BCUT2D eigenvalue weighted by atomic mass is 79.9. The summed E-state index contributed by atoms with van der Waals surface area (Å²) in [4.78, 5) is 12.6. The van der Waals surface area contributed by atoms with Crippen molar-refractivity contribution in [3.8, 4) is 5.69 Å². The van der Waals surface area contributed by atoms with Gasteiger partial charge in [-0.2, -0.15) is 5.10 Å². The van der Waals surface area contributed by atoms with Crippen LogP contribution in [0.5, 0.6) is 0 Å². The number of carbonyl (C=O) groups excluding carboxylic acids is 1. The predicted molar refractivity (Wildman–Crippen MR) is 104 cm³/mol. The first-order valence-corrected chi connectivity index (χ1v) is 9.20. The van der Waals surface area contributed by atoms with Crippen molar-refractivity contribution in [1.29, 1.82) is 0 Å². The normalized spacial score (nSPS) is 12.0. The minimum absolute atomic E-state index is 0.0206. The molecular formula is C20H19BrFN3O2. The first kappa shape index (κ1) is 19.3. The predicted octanol–water partition coefficient (Wildman–Crippen LogP) is 3.85. The molecular weight excluding hydrogens is 413 g/mol. The fourth-order valence-electron chi connectivity index (χ4n) is 2.89. The minimum atomic E-state index is -0.920. The Morgan fingerprint density at radius 1 is 1.19 bits per heavy atom. The monoisotopic (exact) mass is 431 g/mol. The third kappa shape index (κ3) is 4.26. The van der Waals surface area contributed by atoms with Crippen molar-refractivity contribution in [3.05, 3.63) is 81.3 Å². The molecule has 0 bridgehead atoms. The second-order valence-corrected chi connectivity index (χ2v) is 7.13. The van der Waals surface area contributed by atoms with Gasteiger partial charge in [0.15, 0.2) is 0 Å². The maximum atomic E-state index is 13.0. The lowest BCUT2D eigenvalue weighted by atomic mass is 10.1. The maximum Gasteiger partial charge on any atom is 0.255 e. The largest absolute Gasteiger partial charge is 0.387 e. The van der Waals surface area contributed by atoms with Gasteiger partial charge in [0.1, 0.15) is 5.82 Å². The summed E-state index contributed by atoms with van der Waals surface area (Å²) >= 11 is 3.40. The van der Waals surface area contributed by atoms with E-state index in [2.05, 4.69) is 26.3 Å².